The molecule has 1 nitrogen and oxygen atoms in total. The van der Waals surface area contributed by atoms with Gasteiger partial charge in [-0.1, -0.05) is 45.0 Å². The lowest BCUT2D eigenvalue weighted by atomic mass is 9.89. The molecule has 0 saturated carbocycles. The summed E-state index contributed by atoms with van der Waals surface area (Å²) in [4.78, 5) is 0. The lowest BCUT2D eigenvalue weighted by Gasteiger charge is -2.35. The van der Waals surface area contributed by atoms with Crippen LogP contribution in [0.2, 0.25) is 0 Å². The first kappa shape index (κ1) is 15.9. The van der Waals surface area contributed by atoms with Gasteiger partial charge in [-0.2, -0.15) is 11.8 Å². The maximum Gasteiger partial charge on any atom is 0.0466 e. The summed E-state index contributed by atoms with van der Waals surface area (Å²) in [5.41, 5.74) is 2.90. The molecule has 1 saturated heterocycles. The van der Waals surface area contributed by atoms with Gasteiger partial charge in [0.2, 0.25) is 0 Å². The molecule has 0 bridgehead atoms. The highest BCUT2D eigenvalue weighted by Crippen LogP contribution is 2.46. The molecule has 0 aliphatic carbocycles. The summed E-state index contributed by atoms with van der Waals surface area (Å²) in [6.45, 7) is 10.3. The molecule has 20 heavy (non-hydrogen) atoms. The van der Waals surface area contributed by atoms with Crippen molar-refractivity contribution >= 4 is 11.8 Å². The Morgan fingerprint density at radius 2 is 1.85 bits per heavy atom. The van der Waals surface area contributed by atoms with E-state index in [9.17, 15) is 0 Å². The van der Waals surface area contributed by atoms with Crippen LogP contribution in [0.3, 0.4) is 0 Å². The Morgan fingerprint density at radius 1 is 1.20 bits per heavy atom. The van der Waals surface area contributed by atoms with Gasteiger partial charge in [-0.3, -0.25) is 0 Å². The first-order valence-electron chi connectivity index (χ1n) is 8.04. The molecule has 2 rings (SSSR count). The van der Waals surface area contributed by atoms with Crippen molar-refractivity contribution in [1.29, 1.82) is 0 Å². The summed E-state index contributed by atoms with van der Waals surface area (Å²) in [6, 6.07) is 9.78. The average Bonchev–Trinajstić information content (AvgIpc) is 2.87. The molecule has 1 aromatic carbocycles. The number of hydrogen-bond donors (Lipinski definition) is 1. The second-order valence-corrected chi connectivity index (χ2v) is 8.10. The Hall–Kier alpha value is -0.470. The van der Waals surface area contributed by atoms with Gasteiger partial charge >= 0.3 is 0 Å². The van der Waals surface area contributed by atoms with E-state index in [2.05, 4.69) is 69.0 Å². The Balaban J connectivity index is 2.21. The molecule has 0 radical (unpaired) electrons. The molecule has 2 atom stereocenters. The van der Waals surface area contributed by atoms with Crippen LogP contribution in [0.4, 0.5) is 0 Å². The van der Waals surface area contributed by atoms with Gasteiger partial charge in [0.15, 0.2) is 0 Å². The van der Waals surface area contributed by atoms with Crippen LogP contribution >= 0.6 is 11.8 Å². The van der Waals surface area contributed by atoms with E-state index < -0.39 is 0 Å². The molecule has 0 amide bonds. The van der Waals surface area contributed by atoms with E-state index in [4.69, 9.17) is 0 Å². The van der Waals surface area contributed by atoms with E-state index in [1.807, 2.05) is 0 Å². The monoisotopic (exact) mass is 291 g/mol. The van der Waals surface area contributed by atoms with Crippen molar-refractivity contribution in [2.45, 2.75) is 63.7 Å². The third-order valence-corrected chi connectivity index (χ3v) is 5.99. The zero-order chi connectivity index (χ0) is 14.6. The van der Waals surface area contributed by atoms with Gasteiger partial charge in [0, 0.05) is 10.8 Å². The number of thioether (sulfide) groups is 1. The molecule has 0 aromatic heterocycles. The fourth-order valence-electron chi connectivity index (χ4n) is 3.08. The van der Waals surface area contributed by atoms with Crippen molar-refractivity contribution < 1.29 is 0 Å². The molecule has 1 heterocycles. The summed E-state index contributed by atoms with van der Waals surface area (Å²) in [6.07, 6.45) is 3.88. The van der Waals surface area contributed by atoms with Gasteiger partial charge in [0.05, 0.1) is 0 Å². The van der Waals surface area contributed by atoms with Gasteiger partial charge in [-0.25, -0.2) is 0 Å². The third kappa shape index (κ3) is 3.59. The molecule has 1 aromatic rings. The largest absolute Gasteiger partial charge is 0.309 e. The van der Waals surface area contributed by atoms with Crippen LogP contribution in [0.5, 0.6) is 0 Å². The molecular formula is C18H29NS. The van der Waals surface area contributed by atoms with E-state index in [1.54, 1.807) is 0 Å². The lowest BCUT2D eigenvalue weighted by molar-refractivity contribution is 0.413. The lowest BCUT2D eigenvalue weighted by Crippen LogP contribution is -2.38. The third-order valence-electron chi connectivity index (χ3n) is 4.39. The Morgan fingerprint density at radius 3 is 2.35 bits per heavy atom. The predicted octanol–water partition coefficient (Wildman–Crippen LogP) is 5.14. The molecule has 2 heteroatoms. The van der Waals surface area contributed by atoms with Crippen LogP contribution in [0.1, 0.15) is 70.0 Å². The van der Waals surface area contributed by atoms with E-state index in [-0.39, 0.29) is 0 Å². The highest BCUT2D eigenvalue weighted by molar-refractivity contribution is 8.00. The number of hydrogen-bond acceptors (Lipinski definition) is 2. The minimum absolute atomic E-state index is 0.356. The van der Waals surface area contributed by atoms with E-state index in [0.29, 0.717) is 16.7 Å². The number of rotatable bonds is 6. The SMILES string of the molecule is CCCNC(c1ccc(C(C)C)cc1)C1(C)CCCS1. The van der Waals surface area contributed by atoms with Crippen LogP contribution in [0, 0.1) is 0 Å². The maximum atomic E-state index is 3.80. The van der Waals surface area contributed by atoms with Gasteiger partial charge in [0.25, 0.3) is 0 Å². The first-order chi connectivity index (χ1) is 9.57. The van der Waals surface area contributed by atoms with Gasteiger partial charge in [-0.15, -0.1) is 0 Å². The molecule has 2 unspecified atom stereocenters. The van der Waals surface area contributed by atoms with Crippen molar-refractivity contribution in [3.05, 3.63) is 35.4 Å². The Kier molecular flexibility index (Phi) is 5.57. The fraction of sp³-hybridized carbons (Fsp3) is 0.667. The van der Waals surface area contributed by atoms with E-state index in [1.165, 1.54) is 36.1 Å². The van der Waals surface area contributed by atoms with Crippen molar-refractivity contribution in [3.63, 3.8) is 0 Å². The van der Waals surface area contributed by atoms with Crippen molar-refractivity contribution in [2.24, 2.45) is 0 Å². The molecule has 112 valence electrons. The minimum Gasteiger partial charge on any atom is -0.309 e. The number of benzene rings is 1. The van der Waals surface area contributed by atoms with Crippen LogP contribution < -0.4 is 5.32 Å². The smallest absolute Gasteiger partial charge is 0.0466 e. The molecular weight excluding hydrogens is 262 g/mol. The molecule has 1 N–H and O–H groups in total. The number of nitrogens with one attached hydrogen (secondary N) is 1. The zero-order valence-corrected chi connectivity index (χ0v) is 14.2. The zero-order valence-electron chi connectivity index (χ0n) is 13.4. The molecule has 0 spiro atoms. The van der Waals surface area contributed by atoms with Crippen LogP contribution in [0.15, 0.2) is 24.3 Å². The van der Waals surface area contributed by atoms with Crippen molar-refractivity contribution in [3.8, 4) is 0 Å². The normalized spacial score (nSPS) is 24.2. The average molecular weight is 292 g/mol. The Bertz CT molecular complexity index is 404. The van der Waals surface area contributed by atoms with Crippen LogP contribution in [-0.2, 0) is 0 Å². The predicted molar refractivity (Wildman–Crippen MR) is 91.7 cm³/mol. The summed E-state index contributed by atoms with van der Waals surface area (Å²) < 4.78 is 0.356. The highest BCUT2D eigenvalue weighted by atomic mass is 32.2. The van der Waals surface area contributed by atoms with Crippen LogP contribution in [-0.4, -0.2) is 17.0 Å². The van der Waals surface area contributed by atoms with Crippen molar-refractivity contribution in [2.75, 3.05) is 12.3 Å². The quantitative estimate of drug-likeness (QED) is 0.779. The maximum absolute atomic E-state index is 3.80. The van der Waals surface area contributed by atoms with Gasteiger partial charge in [0.1, 0.15) is 0 Å². The summed E-state index contributed by atoms with van der Waals surface area (Å²) >= 11 is 2.15. The Labute approximate surface area is 128 Å². The molecule has 1 fully saturated rings. The second-order valence-electron chi connectivity index (χ2n) is 6.47. The van der Waals surface area contributed by atoms with Gasteiger partial charge in [-0.05, 0) is 55.5 Å². The summed E-state index contributed by atoms with van der Waals surface area (Å²) in [5.74, 6) is 1.92. The first-order valence-corrected chi connectivity index (χ1v) is 9.02. The summed E-state index contributed by atoms with van der Waals surface area (Å²) in [7, 11) is 0. The highest BCUT2D eigenvalue weighted by Gasteiger charge is 2.38. The van der Waals surface area contributed by atoms with Crippen molar-refractivity contribution in [1.82, 2.24) is 5.32 Å². The molecule has 1 aliphatic rings. The summed E-state index contributed by atoms with van der Waals surface area (Å²) in [5, 5.41) is 3.80. The van der Waals surface area contributed by atoms with Gasteiger partial charge < -0.3 is 5.32 Å². The topological polar surface area (TPSA) is 12.0 Å². The standard InChI is InChI=1S/C18H29NS/c1-5-12-19-17(18(4)11-6-13-20-18)16-9-7-15(8-10-16)14(2)3/h7-10,14,17,19H,5-6,11-13H2,1-4H3. The van der Waals surface area contributed by atoms with E-state index in [0.717, 1.165) is 6.54 Å². The minimum atomic E-state index is 0.356. The second kappa shape index (κ2) is 7.00. The molecule has 1 aliphatic heterocycles. The fourth-order valence-corrected chi connectivity index (χ4v) is 4.51. The van der Waals surface area contributed by atoms with E-state index >= 15 is 0 Å². The van der Waals surface area contributed by atoms with Crippen LogP contribution in [0.25, 0.3) is 0 Å².